The van der Waals surface area contributed by atoms with E-state index in [0.29, 0.717) is 16.5 Å². The summed E-state index contributed by atoms with van der Waals surface area (Å²) in [6.07, 6.45) is 0.844. The van der Waals surface area contributed by atoms with Gasteiger partial charge in [-0.15, -0.1) is 0 Å². The average molecular weight is 291 g/mol. The molecule has 1 nitrogen and oxygen atoms in total. The van der Waals surface area contributed by atoms with Crippen LogP contribution in [0, 0.1) is 0 Å². The van der Waals surface area contributed by atoms with Gasteiger partial charge in [0.05, 0.1) is 5.02 Å². The molecule has 0 N–H and O–H groups in total. The van der Waals surface area contributed by atoms with Gasteiger partial charge in [0.1, 0.15) is 0 Å². The smallest absolute Gasteiger partial charge is 0.151 e. The standard InChI is InChI=1S/C16H15ClOS/c1-11(2)12-6-8-14(9-7-12)19-16-13(10-18)4-3-5-15(16)17/h3-11H,1-2H3. The van der Waals surface area contributed by atoms with E-state index in [1.54, 1.807) is 18.2 Å². The van der Waals surface area contributed by atoms with Gasteiger partial charge in [0.15, 0.2) is 6.29 Å². The number of carbonyl (C=O) groups is 1. The Kier molecular flexibility index (Phi) is 4.67. The van der Waals surface area contributed by atoms with Crippen molar-refractivity contribution in [1.82, 2.24) is 0 Å². The van der Waals surface area contributed by atoms with Crippen LogP contribution in [0.4, 0.5) is 0 Å². The third kappa shape index (κ3) is 3.40. The minimum absolute atomic E-state index is 0.518. The molecule has 0 atom stereocenters. The first kappa shape index (κ1) is 14.2. The molecule has 0 amide bonds. The van der Waals surface area contributed by atoms with Crippen LogP contribution < -0.4 is 0 Å². The van der Waals surface area contributed by atoms with Crippen molar-refractivity contribution >= 4 is 29.6 Å². The molecule has 19 heavy (non-hydrogen) atoms. The van der Waals surface area contributed by atoms with Crippen LogP contribution in [0.3, 0.4) is 0 Å². The summed E-state index contributed by atoms with van der Waals surface area (Å²) in [5, 5.41) is 0.613. The van der Waals surface area contributed by atoms with Gasteiger partial charge in [0.25, 0.3) is 0 Å². The fraction of sp³-hybridized carbons (Fsp3) is 0.188. The van der Waals surface area contributed by atoms with E-state index in [4.69, 9.17) is 11.6 Å². The van der Waals surface area contributed by atoms with Gasteiger partial charge in [-0.1, -0.05) is 61.5 Å². The van der Waals surface area contributed by atoms with Crippen LogP contribution in [-0.4, -0.2) is 6.29 Å². The van der Waals surface area contributed by atoms with Gasteiger partial charge in [-0.05, 0) is 29.7 Å². The molecule has 0 bridgehead atoms. The molecular weight excluding hydrogens is 276 g/mol. The summed E-state index contributed by atoms with van der Waals surface area (Å²) in [5.74, 6) is 0.518. The maximum atomic E-state index is 11.0. The highest BCUT2D eigenvalue weighted by atomic mass is 35.5. The van der Waals surface area contributed by atoms with Crippen molar-refractivity contribution < 1.29 is 4.79 Å². The number of carbonyl (C=O) groups excluding carboxylic acids is 1. The summed E-state index contributed by atoms with van der Waals surface area (Å²) in [6.45, 7) is 4.33. The van der Waals surface area contributed by atoms with Crippen molar-refractivity contribution in [1.29, 1.82) is 0 Å². The SMILES string of the molecule is CC(C)c1ccc(Sc2c(Cl)cccc2C=O)cc1. The first-order chi connectivity index (χ1) is 9.11. The highest BCUT2D eigenvalue weighted by Gasteiger charge is 2.08. The lowest BCUT2D eigenvalue weighted by atomic mass is 10.0. The zero-order valence-electron chi connectivity index (χ0n) is 10.9. The molecule has 2 aromatic rings. The van der Waals surface area contributed by atoms with Crippen LogP contribution in [0.25, 0.3) is 0 Å². The van der Waals surface area contributed by atoms with Gasteiger partial charge in [-0.25, -0.2) is 0 Å². The summed E-state index contributed by atoms with van der Waals surface area (Å²) in [6, 6.07) is 13.7. The second-order valence-electron chi connectivity index (χ2n) is 4.60. The van der Waals surface area contributed by atoms with E-state index in [-0.39, 0.29) is 0 Å². The van der Waals surface area contributed by atoms with E-state index in [1.165, 1.54) is 17.3 Å². The Morgan fingerprint density at radius 1 is 1.11 bits per heavy atom. The molecule has 2 aromatic carbocycles. The predicted octanol–water partition coefficient (Wildman–Crippen LogP) is 5.43. The molecule has 0 saturated heterocycles. The molecule has 2 rings (SSSR count). The van der Waals surface area contributed by atoms with Crippen molar-refractivity contribution in [3.8, 4) is 0 Å². The maximum absolute atomic E-state index is 11.0. The number of benzene rings is 2. The van der Waals surface area contributed by atoms with E-state index < -0.39 is 0 Å². The van der Waals surface area contributed by atoms with Crippen molar-refractivity contribution in [2.45, 2.75) is 29.6 Å². The van der Waals surface area contributed by atoms with E-state index in [2.05, 4.69) is 38.1 Å². The number of aldehydes is 1. The normalized spacial score (nSPS) is 10.7. The van der Waals surface area contributed by atoms with E-state index in [0.717, 1.165) is 16.1 Å². The first-order valence-corrected chi connectivity index (χ1v) is 7.32. The third-order valence-corrected chi connectivity index (χ3v) is 4.49. The molecular formula is C16H15ClOS. The average Bonchev–Trinajstić information content (AvgIpc) is 2.41. The zero-order valence-corrected chi connectivity index (χ0v) is 12.5. The minimum atomic E-state index is 0.518. The maximum Gasteiger partial charge on any atom is 0.151 e. The summed E-state index contributed by atoms with van der Waals surface area (Å²) in [7, 11) is 0. The largest absolute Gasteiger partial charge is 0.298 e. The Morgan fingerprint density at radius 3 is 2.37 bits per heavy atom. The number of rotatable bonds is 4. The molecule has 0 radical (unpaired) electrons. The fourth-order valence-corrected chi connectivity index (χ4v) is 2.97. The van der Waals surface area contributed by atoms with Crippen molar-refractivity contribution in [3.05, 3.63) is 58.6 Å². The first-order valence-electron chi connectivity index (χ1n) is 6.13. The van der Waals surface area contributed by atoms with Gasteiger partial charge in [0.2, 0.25) is 0 Å². The van der Waals surface area contributed by atoms with Gasteiger partial charge in [0, 0.05) is 15.4 Å². The molecule has 0 saturated carbocycles. The van der Waals surface area contributed by atoms with Crippen molar-refractivity contribution in [3.63, 3.8) is 0 Å². The topological polar surface area (TPSA) is 17.1 Å². The van der Waals surface area contributed by atoms with Crippen LogP contribution in [-0.2, 0) is 0 Å². The highest BCUT2D eigenvalue weighted by molar-refractivity contribution is 7.99. The van der Waals surface area contributed by atoms with Crippen molar-refractivity contribution in [2.24, 2.45) is 0 Å². The van der Waals surface area contributed by atoms with Gasteiger partial charge >= 0.3 is 0 Å². The third-order valence-electron chi connectivity index (χ3n) is 2.89. The molecule has 0 fully saturated rings. The van der Waals surface area contributed by atoms with Gasteiger partial charge in [-0.2, -0.15) is 0 Å². The summed E-state index contributed by atoms with van der Waals surface area (Å²) < 4.78 is 0. The monoisotopic (exact) mass is 290 g/mol. The molecule has 0 aromatic heterocycles. The lowest BCUT2D eigenvalue weighted by Crippen LogP contribution is -1.88. The molecule has 3 heteroatoms. The predicted molar refractivity (Wildman–Crippen MR) is 81.5 cm³/mol. The number of hydrogen-bond acceptors (Lipinski definition) is 2. The second kappa shape index (κ2) is 6.27. The lowest BCUT2D eigenvalue weighted by molar-refractivity contribution is 0.112. The summed E-state index contributed by atoms with van der Waals surface area (Å²) in [5.41, 5.74) is 1.93. The van der Waals surface area contributed by atoms with E-state index in [9.17, 15) is 4.79 Å². The molecule has 0 aliphatic carbocycles. The van der Waals surface area contributed by atoms with Crippen LogP contribution in [0.5, 0.6) is 0 Å². The molecule has 0 unspecified atom stereocenters. The zero-order chi connectivity index (χ0) is 13.8. The Labute approximate surface area is 123 Å². The minimum Gasteiger partial charge on any atom is -0.298 e. The second-order valence-corrected chi connectivity index (χ2v) is 6.09. The molecule has 0 aliphatic rings. The highest BCUT2D eigenvalue weighted by Crippen LogP contribution is 2.35. The molecule has 98 valence electrons. The van der Waals surface area contributed by atoms with Gasteiger partial charge in [-0.3, -0.25) is 4.79 Å². The Hall–Kier alpha value is -1.25. The quantitative estimate of drug-likeness (QED) is 0.699. The Bertz CT molecular complexity index is 576. The van der Waals surface area contributed by atoms with Crippen LogP contribution in [0.2, 0.25) is 5.02 Å². The molecule has 0 aliphatic heterocycles. The molecule has 0 spiro atoms. The number of hydrogen-bond donors (Lipinski definition) is 0. The Morgan fingerprint density at radius 2 is 1.79 bits per heavy atom. The lowest BCUT2D eigenvalue weighted by Gasteiger charge is -2.09. The molecule has 0 heterocycles. The van der Waals surface area contributed by atoms with E-state index >= 15 is 0 Å². The van der Waals surface area contributed by atoms with Crippen LogP contribution in [0.15, 0.2) is 52.3 Å². The Balaban J connectivity index is 2.28. The van der Waals surface area contributed by atoms with Crippen molar-refractivity contribution in [2.75, 3.05) is 0 Å². The van der Waals surface area contributed by atoms with Gasteiger partial charge < -0.3 is 0 Å². The van der Waals surface area contributed by atoms with E-state index in [1.807, 2.05) is 0 Å². The number of halogens is 1. The summed E-state index contributed by atoms with van der Waals surface area (Å²) in [4.78, 5) is 12.9. The fourth-order valence-electron chi connectivity index (χ4n) is 1.76. The van der Waals surface area contributed by atoms with Crippen LogP contribution >= 0.6 is 23.4 Å². The van der Waals surface area contributed by atoms with Crippen LogP contribution in [0.1, 0.15) is 35.7 Å². The summed E-state index contributed by atoms with van der Waals surface area (Å²) >= 11 is 7.68.